The summed E-state index contributed by atoms with van der Waals surface area (Å²) in [6, 6.07) is 7.68. The minimum Gasteiger partial charge on any atom is -0.491 e. The number of carbonyl (C=O) groups is 1. The van der Waals surface area contributed by atoms with Crippen LogP contribution >= 0.6 is 11.3 Å². The van der Waals surface area contributed by atoms with Crippen molar-refractivity contribution in [3.63, 3.8) is 0 Å². The minimum atomic E-state index is -0.730. The van der Waals surface area contributed by atoms with Crippen LogP contribution in [-0.2, 0) is 20.7 Å². The highest BCUT2D eigenvalue weighted by atomic mass is 32.1. The molecule has 7 nitrogen and oxygen atoms in total. The number of amides is 1. The maximum absolute atomic E-state index is 13.4. The highest BCUT2D eigenvalue weighted by Crippen LogP contribution is 2.34. The minimum absolute atomic E-state index is 0.0418. The zero-order chi connectivity index (χ0) is 24.3. The number of methoxy groups -OCH3 is 1. The number of rotatable bonds is 14. The van der Waals surface area contributed by atoms with E-state index in [0.29, 0.717) is 38.6 Å². The van der Waals surface area contributed by atoms with Crippen LogP contribution in [0.2, 0.25) is 0 Å². The molecular formula is C25H33FN2O5S. The van der Waals surface area contributed by atoms with Crippen molar-refractivity contribution in [3.8, 4) is 5.75 Å². The molecule has 0 spiro atoms. The number of hydrogen-bond donors (Lipinski definition) is 1. The third-order valence-electron chi connectivity index (χ3n) is 5.62. The molecule has 1 N–H and O–H groups in total. The van der Waals surface area contributed by atoms with Crippen LogP contribution in [0.15, 0.2) is 48.4 Å². The van der Waals surface area contributed by atoms with Crippen LogP contribution in [0.1, 0.15) is 16.5 Å². The number of nitrogens with zero attached hydrogens (tertiary/aromatic N) is 2. The SMILES string of the molecule is C=CCOC[C@@H](O)CN(CCOC)CC(=O)N1CCc2sccc2[C@H]1COc1ccc(F)cc1. The molecule has 1 aromatic heterocycles. The zero-order valence-corrected chi connectivity index (χ0v) is 20.3. The van der Waals surface area contributed by atoms with Crippen molar-refractivity contribution in [2.75, 3.05) is 59.7 Å². The Kier molecular flexibility index (Phi) is 10.5. The first-order valence-electron chi connectivity index (χ1n) is 11.3. The summed E-state index contributed by atoms with van der Waals surface area (Å²) in [4.78, 5) is 18.4. The van der Waals surface area contributed by atoms with Gasteiger partial charge in [0.2, 0.25) is 5.91 Å². The lowest BCUT2D eigenvalue weighted by Gasteiger charge is -2.37. The molecule has 1 aromatic carbocycles. The predicted octanol–water partition coefficient (Wildman–Crippen LogP) is 2.90. The lowest BCUT2D eigenvalue weighted by Crippen LogP contribution is -2.48. The summed E-state index contributed by atoms with van der Waals surface area (Å²) in [6.45, 7) is 6.38. The largest absolute Gasteiger partial charge is 0.491 e. The van der Waals surface area contributed by atoms with Gasteiger partial charge in [-0.1, -0.05) is 6.08 Å². The van der Waals surface area contributed by atoms with Gasteiger partial charge >= 0.3 is 0 Å². The second-order valence-electron chi connectivity index (χ2n) is 8.12. The van der Waals surface area contributed by atoms with Crippen molar-refractivity contribution in [1.29, 1.82) is 0 Å². The number of ether oxygens (including phenoxy) is 3. The van der Waals surface area contributed by atoms with Gasteiger partial charge in [-0.15, -0.1) is 17.9 Å². The Morgan fingerprint density at radius 1 is 1.38 bits per heavy atom. The van der Waals surface area contributed by atoms with Crippen molar-refractivity contribution >= 4 is 17.2 Å². The van der Waals surface area contributed by atoms with E-state index in [1.54, 1.807) is 36.7 Å². The molecule has 0 radical (unpaired) electrons. The molecule has 0 aliphatic carbocycles. The van der Waals surface area contributed by atoms with Crippen molar-refractivity contribution < 1.29 is 28.5 Å². The van der Waals surface area contributed by atoms with Gasteiger partial charge in [-0.25, -0.2) is 4.39 Å². The summed E-state index contributed by atoms with van der Waals surface area (Å²) >= 11 is 1.69. The van der Waals surface area contributed by atoms with Gasteiger partial charge in [0, 0.05) is 31.6 Å². The number of hydrogen-bond acceptors (Lipinski definition) is 7. The molecule has 1 aliphatic heterocycles. The van der Waals surface area contributed by atoms with Crippen LogP contribution < -0.4 is 4.74 Å². The fourth-order valence-electron chi connectivity index (χ4n) is 3.96. The van der Waals surface area contributed by atoms with Gasteiger partial charge in [-0.2, -0.15) is 0 Å². The van der Waals surface area contributed by atoms with Gasteiger partial charge in [0.25, 0.3) is 0 Å². The molecule has 9 heteroatoms. The maximum atomic E-state index is 13.4. The average molecular weight is 493 g/mol. The summed E-state index contributed by atoms with van der Waals surface area (Å²) in [5, 5.41) is 12.4. The first kappa shape index (κ1) is 26.3. The van der Waals surface area contributed by atoms with Gasteiger partial charge in [-0.05, 0) is 47.7 Å². The molecule has 186 valence electrons. The van der Waals surface area contributed by atoms with Crippen LogP contribution in [0.3, 0.4) is 0 Å². The molecule has 2 atom stereocenters. The topological polar surface area (TPSA) is 71.5 Å². The monoisotopic (exact) mass is 492 g/mol. The number of aliphatic hydroxyl groups is 1. The molecule has 2 aromatic rings. The van der Waals surface area contributed by atoms with Crippen molar-refractivity contribution in [2.45, 2.75) is 18.6 Å². The molecule has 0 fully saturated rings. The van der Waals surface area contributed by atoms with Gasteiger partial charge in [0.15, 0.2) is 0 Å². The van der Waals surface area contributed by atoms with Crippen molar-refractivity contribution in [2.24, 2.45) is 0 Å². The van der Waals surface area contributed by atoms with Crippen LogP contribution in [0.4, 0.5) is 4.39 Å². The van der Waals surface area contributed by atoms with Crippen molar-refractivity contribution in [1.82, 2.24) is 9.80 Å². The average Bonchev–Trinajstić information content (AvgIpc) is 3.31. The predicted molar refractivity (Wildman–Crippen MR) is 130 cm³/mol. The molecule has 0 saturated heterocycles. The van der Waals surface area contributed by atoms with Crippen molar-refractivity contribution in [3.05, 3.63) is 64.6 Å². The van der Waals surface area contributed by atoms with Crippen LogP contribution in [0, 0.1) is 5.82 Å². The smallest absolute Gasteiger partial charge is 0.237 e. The first-order chi connectivity index (χ1) is 16.5. The standard InChI is InChI=1S/C25H33FN2O5S/c1-3-12-32-17-20(29)15-27(11-13-31-2)16-25(30)28-10-8-24-22(9-14-34-24)23(28)18-33-21-6-4-19(26)5-7-21/h3-7,9,14,20,23,29H,1,8,10-13,15-18H2,2H3/t20-,23+/m0/s1. The van der Waals surface area contributed by atoms with Crippen LogP contribution in [0.5, 0.6) is 5.75 Å². The Bertz CT molecular complexity index is 907. The Balaban J connectivity index is 1.67. The third kappa shape index (κ3) is 7.61. The summed E-state index contributed by atoms with van der Waals surface area (Å²) in [5.41, 5.74) is 1.09. The summed E-state index contributed by atoms with van der Waals surface area (Å²) in [7, 11) is 1.61. The number of fused-ring (bicyclic) bond motifs is 1. The molecule has 3 rings (SSSR count). The Morgan fingerprint density at radius 3 is 2.91 bits per heavy atom. The van der Waals surface area contributed by atoms with Crippen LogP contribution in [0.25, 0.3) is 0 Å². The Hall–Kier alpha value is -2.30. The quantitative estimate of drug-likeness (QED) is 0.323. The fraction of sp³-hybridized carbons (Fsp3) is 0.480. The Labute approximate surface area is 204 Å². The van der Waals surface area contributed by atoms with E-state index in [1.807, 2.05) is 21.2 Å². The first-order valence-corrected chi connectivity index (χ1v) is 12.2. The molecule has 2 heterocycles. The lowest BCUT2D eigenvalue weighted by molar-refractivity contribution is -0.136. The molecule has 0 bridgehead atoms. The number of carbonyl (C=O) groups excluding carboxylic acids is 1. The van der Waals surface area contributed by atoms with Gasteiger partial charge < -0.3 is 24.2 Å². The highest BCUT2D eigenvalue weighted by molar-refractivity contribution is 7.10. The number of thiophene rings is 1. The second-order valence-corrected chi connectivity index (χ2v) is 9.13. The maximum Gasteiger partial charge on any atom is 0.237 e. The number of benzene rings is 1. The van der Waals surface area contributed by atoms with E-state index in [9.17, 15) is 14.3 Å². The Morgan fingerprint density at radius 2 is 2.18 bits per heavy atom. The third-order valence-corrected chi connectivity index (χ3v) is 6.62. The molecule has 34 heavy (non-hydrogen) atoms. The normalized spacial score (nSPS) is 16.4. The molecule has 0 unspecified atom stereocenters. The van der Waals surface area contributed by atoms with E-state index in [1.165, 1.54) is 17.0 Å². The molecule has 1 amide bonds. The van der Waals surface area contributed by atoms with E-state index >= 15 is 0 Å². The summed E-state index contributed by atoms with van der Waals surface area (Å²) < 4.78 is 29.7. The fourth-order valence-corrected chi connectivity index (χ4v) is 4.88. The zero-order valence-electron chi connectivity index (χ0n) is 19.5. The van der Waals surface area contributed by atoms with Gasteiger partial charge in [-0.3, -0.25) is 9.69 Å². The van der Waals surface area contributed by atoms with Gasteiger partial charge in [0.05, 0.1) is 38.5 Å². The lowest BCUT2D eigenvalue weighted by atomic mass is 10.0. The van der Waals surface area contributed by atoms with E-state index < -0.39 is 6.10 Å². The molecular weight excluding hydrogens is 459 g/mol. The molecule has 1 aliphatic rings. The van der Waals surface area contributed by atoms with E-state index in [0.717, 1.165) is 12.0 Å². The van der Waals surface area contributed by atoms with Crippen LogP contribution in [-0.4, -0.2) is 86.6 Å². The van der Waals surface area contributed by atoms with E-state index in [4.69, 9.17) is 14.2 Å². The van der Waals surface area contributed by atoms with E-state index in [-0.39, 0.29) is 37.5 Å². The highest BCUT2D eigenvalue weighted by Gasteiger charge is 2.33. The van der Waals surface area contributed by atoms with Gasteiger partial charge in [0.1, 0.15) is 18.2 Å². The molecule has 0 saturated carbocycles. The van der Waals surface area contributed by atoms with E-state index in [2.05, 4.69) is 6.58 Å². The number of aliphatic hydroxyl groups excluding tert-OH is 1. The number of halogens is 1. The summed E-state index contributed by atoms with van der Waals surface area (Å²) in [6.07, 6.45) is 1.69. The second kappa shape index (κ2) is 13.6. The summed E-state index contributed by atoms with van der Waals surface area (Å²) in [5.74, 6) is 0.190.